The Hall–Kier alpha value is -1.26. The van der Waals surface area contributed by atoms with Crippen molar-refractivity contribution in [3.63, 3.8) is 0 Å². The minimum atomic E-state index is -0.497. The van der Waals surface area contributed by atoms with Gasteiger partial charge in [-0.25, -0.2) is 0 Å². The highest BCUT2D eigenvalue weighted by molar-refractivity contribution is 5.62. The Labute approximate surface area is 108 Å². The van der Waals surface area contributed by atoms with Crippen molar-refractivity contribution in [1.82, 2.24) is 0 Å². The van der Waals surface area contributed by atoms with Crippen molar-refractivity contribution in [1.29, 1.82) is 0 Å². The highest BCUT2D eigenvalue weighted by atomic mass is 16.5. The number of likely N-dealkylation sites (N-methyl/N-ethyl adjacent to an activating group) is 1. The molecule has 1 aromatic carbocycles. The third kappa shape index (κ3) is 2.60. The SMILES string of the molecule is CN1CC(C)(C)Oc2ccc(C(O)CCN)cc21. The molecular weight excluding hydrogens is 228 g/mol. The molecule has 0 bridgehead atoms. The third-order valence-corrected chi connectivity index (χ3v) is 3.22. The first-order valence-electron chi connectivity index (χ1n) is 6.35. The van der Waals surface area contributed by atoms with Crippen LogP contribution in [0.15, 0.2) is 18.2 Å². The summed E-state index contributed by atoms with van der Waals surface area (Å²) in [5, 5.41) is 9.97. The molecule has 0 spiro atoms. The normalized spacial score (nSPS) is 19.1. The maximum Gasteiger partial charge on any atom is 0.143 e. The Morgan fingerprint density at radius 2 is 2.22 bits per heavy atom. The topological polar surface area (TPSA) is 58.7 Å². The smallest absolute Gasteiger partial charge is 0.143 e. The molecule has 0 saturated heterocycles. The predicted octanol–water partition coefficient (Wildman–Crippen LogP) is 1.68. The monoisotopic (exact) mass is 250 g/mol. The number of nitrogens with two attached hydrogens (primary N) is 1. The molecule has 0 saturated carbocycles. The summed E-state index contributed by atoms with van der Waals surface area (Å²) in [5.74, 6) is 0.873. The van der Waals surface area contributed by atoms with Crippen molar-refractivity contribution >= 4 is 5.69 Å². The summed E-state index contributed by atoms with van der Waals surface area (Å²) in [6, 6.07) is 5.83. The van der Waals surface area contributed by atoms with E-state index >= 15 is 0 Å². The van der Waals surface area contributed by atoms with Gasteiger partial charge in [-0.15, -0.1) is 0 Å². The maximum atomic E-state index is 9.97. The Kier molecular flexibility index (Phi) is 3.50. The Morgan fingerprint density at radius 3 is 2.89 bits per heavy atom. The molecule has 1 aliphatic rings. The van der Waals surface area contributed by atoms with Gasteiger partial charge in [0.1, 0.15) is 11.4 Å². The molecule has 0 aliphatic carbocycles. The number of aliphatic hydroxyl groups is 1. The second kappa shape index (κ2) is 4.78. The lowest BCUT2D eigenvalue weighted by Crippen LogP contribution is -2.45. The number of aliphatic hydroxyl groups excluding tert-OH is 1. The molecule has 1 atom stereocenters. The molecule has 18 heavy (non-hydrogen) atoms. The number of nitrogens with zero attached hydrogens (tertiary/aromatic N) is 1. The fourth-order valence-electron chi connectivity index (χ4n) is 2.44. The zero-order valence-corrected chi connectivity index (χ0v) is 11.3. The van der Waals surface area contributed by atoms with Gasteiger partial charge in [-0.3, -0.25) is 0 Å². The van der Waals surface area contributed by atoms with E-state index in [1.807, 2.05) is 25.2 Å². The molecule has 1 heterocycles. The van der Waals surface area contributed by atoms with Gasteiger partial charge in [-0.1, -0.05) is 6.07 Å². The van der Waals surface area contributed by atoms with Crippen LogP contribution in [-0.4, -0.2) is 30.8 Å². The number of hydrogen-bond acceptors (Lipinski definition) is 4. The quantitative estimate of drug-likeness (QED) is 0.857. The van der Waals surface area contributed by atoms with Crippen LogP contribution in [0.25, 0.3) is 0 Å². The second-order valence-corrected chi connectivity index (χ2v) is 5.54. The predicted molar refractivity (Wildman–Crippen MR) is 73.1 cm³/mol. The lowest BCUT2D eigenvalue weighted by Gasteiger charge is -2.39. The Bertz CT molecular complexity index is 432. The number of hydrogen-bond donors (Lipinski definition) is 2. The van der Waals surface area contributed by atoms with E-state index in [0.29, 0.717) is 13.0 Å². The number of anilines is 1. The molecule has 1 aromatic rings. The summed E-state index contributed by atoms with van der Waals surface area (Å²) < 4.78 is 5.94. The molecule has 1 unspecified atom stereocenters. The highest BCUT2D eigenvalue weighted by Gasteiger charge is 2.30. The van der Waals surface area contributed by atoms with E-state index in [0.717, 1.165) is 23.5 Å². The summed E-state index contributed by atoms with van der Waals surface area (Å²) >= 11 is 0. The minimum absolute atomic E-state index is 0.181. The zero-order valence-electron chi connectivity index (χ0n) is 11.3. The Balaban J connectivity index is 2.30. The summed E-state index contributed by atoms with van der Waals surface area (Å²) in [7, 11) is 2.04. The van der Waals surface area contributed by atoms with Crippen LogP contribution in [0.2, 0.25) is 0 Å². The molecule has 0 radical (unpaired) electrons. The van der Waals surface area contributed by atoms with E-state index in [9.17, 15) is 5.11 Å². The van der Waals surface area contributed by atoms with Crippen LogP contribution < -0.4 is 15.4 Å². The third-order valence-electron chi connectivity index (χ3n) is 3.22. The first-order valence-corrected chi connectivity index (χ1v) is 6.35. The standard InChI is InChI=1S/C14H22N2O2/c1-14(2)9-16(3)11-8-10(12(17)6-7-15)4-5-13(11)18-14/h4-5,8,12,17H,6-7,9,15H2,1-3H3. The largest absolute Gasteiger partial charge is 0.484 e. The first kappa shape index (κ1) is 13.2. The first-order chi connectivity index (χ1) is 8.43. The molecule has 100 valence electrons. The Morgan fingerprint density at radius 1 is 1.50 bits per heavy atom. The highest BCUT2D eigenvalue weighted by Crippen LogP contribution is 2.37. The van der Waals surface area contributed by atoms with Crippen molar-refractivity contribution in [2.75, 3.05) is 25.0 Å². The molecule has 2 rings (SSSR count). The zero-order chi connectivity index (χ0) is 13.3. The summed E-state index contributed by atoms with van der Waals surface area (Å²) in [6.45, 7) is 5.46. The van der Waals surface area contributed by atoms with E-state index in [-0.39, 0.29) is 5.60 Å². The second-order valence-electron chi connectivity index (χ2n) is 5.54. The van der Waals surface area contributed by atoms with Gasteiger partial charge < -0.3 is 20.5 Å². The van der Waals surface area contributed by atoms with Crippen LogP contribution in [-0.2, 0) is 0 Å². The fraction of sp³-hybridized carbons (Fsp3) is 0.571. The van der Waals surface area contributed by atoms with Crippen molar-refractivity contribution < 1.29 is 9.84 Å². The summed E-state index contributed by atoms with van der Waals surface area (Å²) in [5.41, 5.74) is 7.22. The van der Waals surface area contributed by atoms with E-state index in [2.05, 4.69) is 18.7 Å². The molecule has 0 aromatic heterocycles. The van der Waals surface area contributed by atoms with Crippen molar-refractivity contribution in [3.05, 3.63) is 23.8 Å². The average molecular weight is 250 g/mol. The van der Waals surface area contributed by atoms with Crippen LogP contribution in [0.5, 0.6) is 5.75 Å². The van der Waals surface area contributed by atoms with Crippen LogP contribution in [0.3, 0.4) is 0 Å². The van der Waals surface area contributed by atoms with Crippen LogP contribution >= 0.6 is 0 Å². The molecule has 3 N–H and O–H groups in total. The molecular formula is C14H22N2O2. The van der Waals surface area contributed by atoms with Gasteiger partial charge in [0.25, 0.3) is 0 Å². The van der Waals surface area contributed by atoms with Gasteiger partial charge in [0.05, 0.1) is 18.3 Å². The van der Waals surface area contributed by atoms with Gasteiger partial charge in [-0.2, -0.15) is 0 Å². The van der Waals surface area contributed by atoms with E-state index in [4.69, 9.17) is 10.5 Å². The molecule has 1 aliphatic heterocycles. The van der Waals surface area contributed by atoms with Crippen LogP contribution in [0.4, 0.5) is 5.69 Å². The molecule has 0 amide bonds. The van der Waals surface area contributed by atoms with Crippen molar-refractivity contribution in [2.24, 2.45) is 5.73 Å². The number of ether oxygens (including phenoxy) is 1. The average Bonchev–Trinajstić information content (AvgIpc) is 2.27. The summed E-state index contributed by atoms with van der Waals surface area (Å²) in [4.78, 5) is 2.16. The minimum Gasteiger partial charge on any atom is -0.484 e. The van der Waals surface area contributed by atoms with Gasteiger partial charge in [-0.05, 0) is 44.5 Å². The lowest BCUT2D eigenvalue weighted by atomic mass is 10.0. The number of rotatable bonds is 3. The maximum absolute atomic E-state index is 9.97. The van der Waals surface area contributed by atoms with E-state index in [1.165, 1.54) is 0 Å². The summed E-state index contributed by atoms with van der Waals surface area (Å²) in [6.07, 6.45) is 0.0816. The van der Waals surface area contributed by atoms with Gasteiger partial charge >= 0.3 is 0 Å². The van der Waals surface area contributed by atoms with Gasteiger partial charge in [0.15, 0.2) is 0 Å². The van der Waals surface area contributed by atoms with E-state index < -0.39 is 6.10 Å². The number of fused-ring (bicyclic) bond motifs is 1. The van der Waals surface area contributed by atoms with Crippen LogP contribution in [0.1, 0.15) is 31.9 Å². The van der Waals surface area contributed by atoms with Crippen LogP contribution in [0, 0.1) is 0 Å². The molecule has 4 nitrogen and oxygen atoms in total. The van der Waals surface area contributed by atoms with E-state index in [1.54, 1.807) is 0 Å². The fourth-order valence-corrected chi connectivity index (χ4v) is 2.44. The van der Waals surface area contributed by atoms with Crippen molar-refractivity contribution in [2.45, 2.75) is 32.0 Å². The number of benzene rings is 1. The molecule has 4 heteroatoms. The van der Waals surface area contributed by atoms with Gasteiger partial charge in [0, 0.05) is 7.05 Å². The van der Waals surface area contributed by atoms with Crippen molar-refractivity contribution in [3.8, 4) is 5.75 Å². The lowest BCUT2D eigenvalue weighted by molar-refractivity contribution is 0.107. The molecule has 0 fully saturated rings. The van der Waals surface area contributed by atoms with Gasteiger partial charge in [0.2, 0.25) is 0 Å².